The molecule has 1 aromatic rings. The molecule has 0 radical (unpaired) electrons. The Kier molecular flexibility index (Phi) is 7.41. The monoisotopic (exact) mass is 384 g/mol. The highest BCUT2D eigenvalue weighted by Gasteiger charge is 2.31. The van der Waals surface area contributed by atoms with Gasteiger partial charge < -0.3 is 10.0 Å². The Morgan fingerprint density at radius 3 is 2.92 bits per heavy atom. The molecule has 1 aliphatic heterocycles. The number of aliphatic hydroxyl groups is 1. The van der Waals surface area contributed by atoms with Gasteiger partial charge in [-0.05, 0) is 30.9 Å². The molecule has 1 aliphatic rings. The fraction of sp³-hybridized carbons (Fsp3) is 0.438. The number of thiocarbonyl (C=S) groups is 1. The highest BCUT2D eigenvalue weighted by Crippen LogP contribution is 2.33. The Balaban J connectivity index is 1.88. The fourth-order valence-corrected chi connectivity index (χ4v) is 4.35. The topological polar surface area (TPSA) is 60.9 Å². The van der Waals surface area contributed by atoms with Gasteiger partial charge in [-0.3, -0.25) is 14.5 Å². The largest absolute Gasteiger partial charge is 0.395 e. The summed E-state index contributed by atoms with van der Waals surface area (Å²) in [5, 5.41) is 10.9. The molecule has 0 bridgehead atoms. The Morgan fingerprint density at radius 2 is 2.29 bits per heavy atom. The smallest absolute Gasteiger partial charge is 0.266 e. The summed E-state index contributed by atoms with van der Waals surface area (Å²) in [5.74, 6) is -0.0975. The third kappa shape index (κ3) is 4.89. The van der Waals surface area contributed by atoms with E-state index in [0.29, 0.717) is 41.7 Å². The molecule has 0 unspecified atom stereocenters. The normalized spacial score (nSPS) is 16.2. The van der Waals surface area contributed by atoms with Crippen molar-refractivity contribution >= 4 is 57.5 Å². The fourth-order valence-electron chi connectivity index (χ4n) is 2.32. The summed E-state index contributed by atoms with van der Waals surface area (Å²) in [4.78, 5) is 29.3. The quantitative estimate of drug-likeness (QED) is 0.551. The van der Waals surface area contributed by atoms with Gasteiger partial charge in [0.05, 0.1) is 11.5 Å². The maximum atomic E-state index is 12.4. The van der Waals surface area contributed by atoms with E-state index in [1.807, 2.05) is 30.5 Å². The van der Waals surface area contributed by atoms with Crippen molar-refractivity contribution in [2.24, 2.45) is 0 Å². The summed E-state index contributed by atoms with van der Waals surface area (Å²) in [6, 6.07) is 3.89. The van der Waals surface area contributed by atoms with Gasteiger partial charge in [0.15, 0.2) is 0 Å². The third-order valence-electron chi connectivity index (χ3n) is 3.57. The van der Waals surface area contributed by atoms with Gasteiger partial charge >= 0.3 is 0 Å². The van der Waals surface area contributed by atoms with Crippen LogP contribution in [0.3, 0.4) is 0 Å². The van der Waals surface area contributed by atoms with Gasteiger partial charge in [0.25, 0.3) is 5.91 Å². The number of carbonyl (C=O) groups excluding carboxylic acids is 2. The summed E-state index contributed by atoms with van der Waals surface area (Å²) < 4.78 is 0.540. The van der Waals surface area contributed by atoms with E-state index in [0.717, 1.165) is 4.88 Å². The second kappa shape index (κ2) is 9.31. The Labute approximate surface area is 155 Å². The number of hydrogen-bond donors (Lipinski definition) is 1. The van der Waals surface area contributed by atoms with Crippen molar-refractivity contribution in [3.63, 3.8) is 0 Å². The van der Waals surface area contributed by atoms with E-state index < -0.39 is 0 Å². The molecule has 5 nitrogen and oxygen atoms in total. The van der Waals surface area contributed by atoms with Crippen LogP contribution in [0.15, 0.2) is 22.4 Å². The van der Waals surface area contributed by atoms with Crippen LogP contribution in [0.25, 0.3) is 6.08 Å². The van der Waals surface area contributed by atoms with E-state index in [1.54, 1.807) is 21.1 Å². The van der Waals surface area contributed by atoms with Crippen molar-refractivity contribution in [3.05, 3.63) is 27.3 Å². The number of likely N-dealkylation sites (N-methyl/N-ethyl adjacent to an activating group) is 1. The van der Waals surface area contributed by atoms with E-state index in [-0.39, 0.29) is 18.4 Å². The van der Waals surface area contributed by atoms with E-state index in [9.17, 15) is 9.59 Å². The molecule has 1 N–H and O–H groups in total. The summed E-state index contributed by atoms with van der Waals surface area (Å²) in [5.41, 5.74) is 0. The molecule has 0 atom stereocenters. The van der Waals surface area contributed by atoms with Crippen molar-refractivity contribution in [3.8, 4) is 0 Å². The molecular weight excluding hydrogens is 364 g/mol. The SMILES string of the molecule is CCN(CCO)C(=O)CCCN1C(=O)/C(=C/c2cccs2)SC1=S. The zero-order chi connectivity index (χ0) is 17.5. The zero-order valence-corrected chi connectivity index (χ0v) is 15.9. The molecule has 0 aromatic carbocycles. The van der Waals surface area contributed by atoms with Crippen LogP contribution in [-0.4, -0.2) is 57.3 Å². The van der Waals surface area contributed by atoms with Gasteiger partial charge in [-0.25, -0.2) is 0 Å². The first-order chi connectivity index (χ1) is 11.6. The maximum absolute atomic E-state index is 12.4. The van der Waals surface area contributed by atoms with Crippen LogP contribution in [0.5, 0.6) is 0 Å². The van der Waals surface area contributed by atoms with Gasteiger partial charge in [-0.2, -0.15) is 0 Å². The van der Waals surface area contributed by atoms with Crippen molar-refractivity contribution in [1.29, 1.82) is 0 Å². The molecule has 0 spiro atoms. The van der Waals surface area contributed by atoms with E-state index in [4.69, 9.17) is 17.3 Å². The number of hydrogen-bond acceptors (Lipinski definition) is 6. The van der Waals surface area contributed by atoms with Crippen LogP contribution in [0.1, 0.15) is 24.6 Å². The molecule has 2 heterocycles. The summed E-state index contributed by atoms with van der Waals surface area (Å²) >= 11 is 8.16. The zero-order valence-electron chi connectivity index (χ0n) is 13.4. The molecule has 8 heteroatoms. The molecule has 0 saturated carbocycles. The highest BCUT2D eigenvalue weighted by molar-refractivity contribution is 8.26. The number of thiophene rings is 1. The molecule has 2 rings (SSSR count). The van der Waals surface area contributed by atoms with Crippen molar-refractivity contribution in [2.45, 2.75) is 19.8 Å². The van der Waals surface area contributed by atoms with Crippen molar-refractivity contribution in [2.75, 3.05) is 26.2 Å². The number of aliphatic hydroxyl groups excluding tert-OH is 1. The van der Waals surface area contributed by atoms with Crippen LogP contribution in [0, 0.1) is 0 Å². The first-order valence-corrected chi connectivity index (χ1v) is 9.84. The minimum Gasteiger partial charge on any atom is -0.395 e. The molecule has 130 valence electrons. The van der Waals surface area contributed by atoms with Crippen LogP contribution < -0.4 is 0 Å². The Morgan fingerprint density at radius 1 is 1.50 bits per heavy atom. The second-order valence-corrected chi connectivity index (χ2v) is 7.80. The predicted molar refractivity (Wildman–Crippen MR) is 103 cm³/mol. The average Bonchev–Trinajstić information content (AvgIpc) is 3.16. The minimum atomic E-state index is -0.0893. The second-order valence-electron chi connectivity index (χ2n) is 5.15. The van der Waals surface area contributed by atoms with Crippen LogP contribution >= 0.6 is 35.3 Å². The first-order valence-electron chi connectivity index (χ1n) is 7.74. The number of amides is 2. The van der Waals surface area contributed by atoms with Crippen LogP contribution in [0.4, 0.5) is 0 Å². The molecule has 1 fully saturated rings. The molecule has 0 aliphatic carbocycles. The highest BCUT2D eigenvalue weighted by atomic mass is 32.2. The van der Waals surface area contributed by atoms with Gasteiger partial charge in [0.2, 0.25) is 5.91 Å². The molecule has 24 heavy (non-hydrogen) atoms. The van der Waals surface area contributed by atoms with E-state index in [2.05, 4.69) is 0 Å². The lowest BCUT2D eigenvalue weighted by molar-refractivity contribution is -0.132. The van der Waals surface area contributed by atoms with Gasteiger partial charge in [-0.15, -0.1) is 11.3 Å². The molecule has 2 amide bonds. The summed E-state index contributed by atoms with van der Waals surface area (Å²) in [6.45, 7) is 3.20. The molecule has 1 aromatic heterocycles. The number of rotatable bonds is 8. The molecular formula is C16H20N2O3S3. The predicted octanol–water partition coefficient (Wildman–Crippen LogP) is 2.57. The van der Waals surface area contributed by atoms with Crippen molar-refractivity contribution in [1.82, 2.24) is 9.80 Å². The number of thioether (sulfide) groups is 1. The van der Waals surface area contributed by atoms with Gasteiger partial charge in [0, 0.05) is 30.9 Å². The lowest BCUT2D eigenvalue weighted by atomic mass is 10.2. The maximum Gasteiger partial charge on any atom is 0.266 e. The first kappa shape index (κ1) is 19.1. The summed E-state index contributed by atoms with van der Waals surface area (Å²) in [7, 11) is 0. The van der Waals surface area contributed by atoms with Crippen LogP contribution in [0.2, 0.25) is 0 Å². The summed E-state index contributed by atoms with van der Waals surface area (Å²) in [6.07, 6.45) is 2.75. The Hall–Kier alpha value is -1.22. The van der Waals surface area contributed by atoms with E-state index in [1.165, 1.54) is 11.8 Å². The Bertz CT molecular complexity index is 629. The lowest BCUT2D eigenvalue weighted by Crippen LogP contribution is -2.34. The number of carbonyl (C=O) groups is 2. The minimum absolute atomic E-state index is 0.00822. The number of nitrogens with zero attached hydrogens (tertiary/aromatic N) is 2. The van der Waals surface area contributed by atoms with Crippen LogP contribution in [-0.2, 0) is 9.59 Å². The third-order valence-corrected chi connectivity index (χ3v) is 5.76. The van der Waals surface area contributed by atoms with E-state index >= 15 is 0 Å². The van der Waals surface area contributed by atoms with Crippen molar-refractivity contribution < 1.29 is 14.7 Å². The van der Waals surface area contributed by atoms with Gasteiger partial charge in [0.1, 0.15) is 4.32 Å². The lowest BCUT2D eigenvalue weighted by Gasteiger charge is -2.20. The standard InChI is InChI=1S/C16H20N2O3S3/c1-2-17(8-9-19)14(20)6-3-7-18-15(21)13(24-16(18)22)11-12-5-4-10-23-12/h4-5,10-11,19H,2-3,6-9H2,1H3/b13-11-. The molecule has 1 saturated heterocycles. The average molecular weight is 385 g/mol. The van der Waals surface area contributed by atoms with Gasteiger partial charge in [-0.1, -0.05) is 30.0 Å².